The van der Waals surface area contributed by atoms with Gasteiger partial charge in [0.05, 0.1) is 6.54 Å². The number of aryl methyl sites for hydroxylation is 1. The summed E-state index contributed by atoms with van der Waals surface area (Å²) in [5.74, 6) is -0.952. The topological polar surface area (TPSA) is 76.6 Å². The van der Waals surface area contributed by atoms with E-state index in [1.54, 1.807) is 24.4 Å². The van der Waals surface area contributed by atoms with Crippen molar-refractivity contribution in [3.8, 4) is 0 Å². The van der Waals surface area contributed by atoms with Crippen LogP contribution in [-0.2, 0) is 6.54 Å². The average molecular weight is 289 g/mol. The second kappa shape index (κ2) is 4.61. The third kappa shape index (κ3) is 2.01. The van der Waals surface area contributed by atoms with Crippen LogP contribution in [0.15, 0.2) is 35.3 Å². The number of hydrogen-bond acceptors (Lipinski definition) is 4. The molecule has 6 nitrogen and oxygen atoms in total. The van der Waals surface area contributed by atoms with Gasteiger partial charge >= 0.3 is 11.7 Å². The summed E-state index contributed by atoms with van der Waals surface area (Å²) in [4.78, 5) is 24.2. The standard InChI is InChI=1S/C13H11N3O3S/c1-8-9(6-10(20-8)12(17)18)7-16-13(19)15-5-3-2-4-11(15)14-16/h2-6H,7H2,1H3,(H,17,18). The Hall–Kier alpha value is -2.41. The van der Waals surface area contributed by atoms with E-state index in [0.29, 0.717) is 5.65 Å². The van der Waals surface area contributed by atoms with E-state index in [2.05, 4.69) is 5.10 Å². The molecule has 0 radical (unpaired) electrons. The minimum absolute atomic E-state index is 0.233. The number of aromatic carboxylic acids is 1. The monoisotopic (exact) mass is 289 g/mol. The zero-order valence-corrected chi connectivity index (χ0v) is 11.4. The molecule has 0 fully saturated rings. The van der Waals surface area contributed by atoms with Crippen molar-refractivity contribution in [2.24, 2.45) is 0 Å². The highest BCUT2D eigenvalue weighted by atomic mass is 32.1. The molecule has 3 rings (SSSR count). The third-order valence-corrected chi connectivity index (χ3v) is 4.12. The van der Waals surface area contributed by atoms with Crippen molar-refractivity contribution >= 4 is 23.0 Å². The zero-order chi connectivity index (χ0) is 14.3. The first-order valence-corrected chi connectivity index (χ1v) is 6.75. The Balaban J connectivity index is 2.03. The van der Waals surface area contributed by atoms with Crippen molar-refractivity contribution in [3.63, 3.8) is 0 Å². The summed E-state index contributed by atoms with van der Waals surface area (Å²) in [5.41, 5.74) is 1.14. The predicted octanol–water partition coefficient (Wildman–Crippen LogP) is 1.61. The highest BCUT2D eigenvalue weighted by Crippen LogP contribution is 2.22. The Labute approximate surface area is 117 Å². The molecule has 0 aromatic carbocycles. The number of carboxylic acid groups (broad SMARTS) is 1. The van der Waals surface area contributed by atoms with Gasteiger partial charge in [0, 0.05) is 11.1 Å². The van der Waals surface area contributed by atoms with Gasteiger partial charge in [-0.2, -0.15) is 0 Å². The van der Waals surface area contributed by atoms with Crippen LogP contribution in [0, 0.1) is 6.92 Å². The molecule has 3 heterocycles. The van der Waals surface area contributed by atoms with Gasteiger partial charge in [0.1, 0.15) is 4.88 Å². The molecule has 0 amide bonds. The van der Waals surface area contributed by atoms with Crippen LogP contribution >= 0.6 is 11.3 Å². The summed E-state index contributed by atoms with van der Waals surface area (Å²) in [7, 11) is 0. The van der Waals surface area contributed by atoms with E-state index in [1.807, 2.05) is 13.0 Å². The quantitative estimate of drug-likeness (QED) is 0.794. The van der Waals surface area contributed by atoms with E-state index in [9.17, 15) is 9.59 Å². The third-order valence-electron chi connectivity index (χ3n) is 3.04. The molecule has 0 aliphatic carbocycles. The lowest BCUT2D eigenvalue weighted by atomic mass is 10.2. The Morgan fingerprint density at radius 1 is 1.45 bits per heavy atom. The molecule has 0 bridgehead atoms. The van der Waals surface area contributed by atoms with Gasteiger partial charge in [-0.1, -0.05) is 6.07 Å². The van der Waals surface area contributed by atoms with Crippen LogP contribution in [-0.4, -0.2) is 25.3 Å². The van der Waals surface area contributed by atoms with E-state index in [-0.39, 0.29) is 17.1 Å². The summed E-state index contributed by atoms with van der Waals surface area (Å²) in [6, 6.07) is 6.92. The summed E-state index contributed by atoms with van der Waals surface area (Å²) >= 11 is 1.20. The van der Waals surface area contributed by atoms with Gasteiger partial charge in [-0.3, -0.25) is 4.40 Å². The SMILES string of the molecule is Cc1sc(C(=O)O)cc1Cn1nc2ccccn2c1=O. The number of carboxylic acids is 1. The molecule has 0 unspecified atom stereocenters. The van der Waals surface area contributed by atoms with Crippen LogP contribution in [0.2, 0.25) is 0 Å². The lowest BCUT2D eigenvalue weighted by Gasteiger charge is -1.97. The Morgan fingerprint density at radius 3 is 2.90 bits per heavy atom. The molecular weight excluding hydrogens is 278 g/mol. The minimum atomic E-state index is -0.952. The fourth-order valence-electron chi connectivity index (χ4n) is 2.01. The van der Waals surface area contributed by atoms with Crippen LogP contribution in [0.5, 0.6) is 0 Å². The molecule has 0 aliphatic heterocycles. The molecule has 0 saturated heterocycles. The lowest BCUT2D eigenvalue weighted by molar-refractivity contribution is 0.0702. The van der Waals surface area contributed by atoms with Crippen molar-refractivity contribution in [2.75, 3.05) is 0 Å². The van der Waals surface area contributed by atoms with Gasteiger partial charge in [0.2, 0.25) is 0 Å². The Morgan fingerprint density at radius 2 is 2.25 bits per heavy atom. The van der Waals surface area contributed by atoms with E-state index in [4.69, 9.17) is 5.11 Å². The molecule has 20 heavy (non-hydrogen) atoms. The highest BCUT2D eigenvalue weighted by molar-refractivity contribution is 7.14. The number of carbonyl (C=O) groups is 1. The van der Waals surface area contributed by atoms with Crippen molar-refractivity contribution in [1.29, 1.82) is 0 Å². The Kier molecular flexibility index (Phi) is 2.90. The molecule has 7 heteroatoms. The van der Waals surface area contributed by atoms with Crippen molar-refractivity contribution in [1.82, 2.24) is 14.2 Å². The first-order valence-electron chi connectivity index (χ1n) is 5.93. The van der Waals surface area contributed by atoms with Crippen molar-refractivity contribution in [3.05, 3.63) is 56.3 Å². The number of rotatable bonds is 3. The molecule has 3 aromatic heterocycles. The first-order chi connectivity index (χ1) is 9.56. The van der Waals surface area contributed by atoms with Gasteiger partial charge in [0.15, 0.2) is 5.65 Å². The van der Waals surface area contributed by atoms with Crippen LogP contribution in [0.25, 0.3) is 5.65 Å². The van der Waals surface area contributed by atoms with E-state index in [1.165, 1.54) is 20.4 Å². The van der Waals surface area contributed by atoms with Crippen molar-refractivity contribution < 1.29 is 9.90 Å². The van der Waals surface area contributed by atoms with Crippen LogP contribution < -0.4 is 5.69 Å². The van der Waals surface area contributed by atoms with Crippen molar-refractivity contribution in [2.45, 2.75) is 13.5 Å². The van der Waals surface area contributed by atoms with Crippen LogP contribution in [0.3, 0.4) is 0 Å². The predicted molar refractivity (Wildman–Crippen MR) is 74.6 cm³/mol. The average Bonchev–Trinajstić information content (AvgIpc) is 2.93. The molecule has 3 aromatic rings. The maximum atomic E-state index is 12.1. The normalized spacial score (nSPS) is 11.1. The number of hydrogen-bond donors (Lipinski definition) is 1. The van der Waals surface area contributed by atoms with E-state index < -0.39 is 5.97 Å². The number of fused-ring (bicyclic) bond motifs is 1. The molecule has 0 spiro atoms. The number of nitrogens with zero attached hydrogens (tertiary/aromatic N) is 3. The minimum Gasteiger partial charge on any atom is -0.477 e. The largest absolute Gasteiger partial charge is 0.477 e. The van der Waals surface area contributed by atoms with Crippen LogP contribution in [0.1, 0.15) is 20.1 Å². The van der Waals surface area contributed by atoms with E-state index >= 15 is 0 Å². The first kappa shape index (κ1) is 12.6. The maximum absolute atomic E-state index is 12.1. The zero-order valence-electron chi connectivity index (χ0n) is 10.6. The van der Waals surface area contributed by atoms with E-state index in [0.717, 1.165) is 10.4 Å². The summed E-state index contributed by atoms with van der Waals surface area (Å²) < 4.78 is 2.80. The van der Waals surface area contributed by atoms with Gasteiger partial charge in [0.25, 0.3) is 0 Å². The Bertz CT molecular complexity index is 859. The molecular formula is C13H11N3O3S. The molecule has 0 saturated carbocycles. The summed E-state index contributed by atoms with van der Waals surface area (Å²) in [5, 5.41) is 13.2. The maximum Gasteiger partial charge on any atom is 0.350 e. The molecule has 0 aliphatic rings. The van der Waals surface area contributed by atoms with Gasteiger partial charge < -0.3 is 5.11 Å². The molecule has 102 valence electrons. The van der Waals surface area contributed by atoms with Gasteiger partial charge in [-0.15, -0.1) is 16.4 Å². The second-order valence-electron chi connectivity index (χ2n) is 4.37. The van der Waals surface area contributed by atoms with Gasteiger partial charge in [-0.05, 0) is 30.7 Å². The summed E-state index contributed by atoms with van der Waals surface area (Å²) in [6.07, 6.45) is 1.66. The number of aromatic nitrogens is 3. The fraction of sp³-hybridized carbons (Fsp3) is 0.154. The number of pyridine rings is 1. The second-order valence-corrected chi connectivity index (χ2v) is 5.62. The molecule has 1 N–H and O–H groups in total. The van der Waals surface area contributed by atoms with Gasteiger partial charge in [-0.25, -0.2) is 14.3 Å². The lowest BCUT2D eigenvalue weighted by Crippen LogP contribution is -2.21. The smallest absolute Gasteiger partial charge is 0.350 e. The molecule has 0 atom stereocenters. The number of thiophene rings is 1. The fourth-order valence-corrected chi connectivity index (χ4v) is 2.89. The highest BCUT2D eigenvalue weighted by Gasteiger charge is 2.13. The summed E-state index contributed by atoms with van der Waals surface area (Å²) in [6.45, 7) is 2.11. The van der Waals surface area contributed by atoms with Crippen LogP contribution in [0.4, 0.5) is 0 Å².